The molecule has 3 atom stereocenters. The number of carboxylic acids is 3. The second-order valence-electron chi connectivity index (χ2n) is 7.50. The van der Waals surface area contributed by atoms with Crippen LogP contribution in [0.25, 0.3) is 0 Å². The van der Waals surface area contributed by atoms with Gasteiger partial charge in [0.2, 0.25) is 0 Å². The fourth-order valence-electron chi connectivity index (χ4n) is 2.54. The quantitative estimate of drug-likeness (QED) is 0.226. The number of nitrogens with two attached hydrogens (primary N) is 4. The van der Waals surface area contributed by atoms with Gasteiger partial charge in [-0.15, -0.1) is 0 Å². The minimum absolute atomic E-state index is 0.385. The zero-order chi connectivity index (χ0) is 25.9. The van der Waals surface area contributed by atoms with Gasteiger partial charge in [0.05, 0.1) is 0 Å². The van der Waals surface area contributed by atoms with Crippen LogP contribution in [-0.4, -0.2) is 57.9 Å². The molecular formula is C24H36N4O6. The predicted octanol–water partition coefficient (Wildman–Crippen LogP) is 0.809. The van der Waals surface area contributed by atoms with Crippen molar-refractivity contribution < 1.29 is 29.7 Å². The third-order valence-electron chi connectivity index (χ3n) is 4.52. The zero-order valence-electron chi connectivity index (χ0n) is 19.1. The number of benzene rings is 2. The van der Waals surface area contributed by atoms with Gasteiger partial charge < -0.3 is 38.3 Å². The lowest BCUT2D eigenvalue weighted by molar-refractivity contribution is -0.139. The van der Waals surface area contributed by atoms with Crippen LogP contribution in [0.3, 0.4) is 0 Å². The van der Waals surface area contributed by atoms with Crippen LogP contribution in [0.15, 0.2) is 60.7 Å². The molecule has 11 N–H and O–H groups in total. The van der Waals surface area contributed by atoms with Gasteiger partial charge in [0.15, 0.2) is 0 Å². The van der Waals surface area contributed by atoms with Crippen LogP contribution in [0.5, 0.6) is 0 Å². The van der Waals surface area contributed by atoms with Crippen molar-refractivity contribution in [1.82, 2.24) is 0 Å². The summed E-state index contributed by atoms with van der Waals surface area (Å²) in [4.78, 5) is 30.9. The number of hydrogen-bond donors (Lipinski definition) is 7. The maximum absolute atomic E-state index is 10.4. The van der Waals surface area contributed by atoms with E-state index in [1.54, 1.807) is 0 Å². The van der Waals surface area contributed by atoms with Gasteiger partial charge >= 0.3 is 17.9 Å². The van der Waals surface area contributed by atoms with Gasteiger partial charge in [0.1, 0.15) is 18.1 Å². The Kier molecular flexibility index (Phi) is 16.4. The van der Waals surface area contributed by atoms with Crippen LogP contribution in [0.2, 0.25) is 0 Å². The van der Waals surface area contributed by atoms with Gasteiger partial charge in [-0.25, -0.2) is 0 Å². The van der Waals surface area contributed by atoms with E-state index in [2.05, 4.69) is 0 Å². The van der Waals surface area contributed by atoms with E-state index in [1.165, 1.54) is 0 Å². The molecule has 10 heteroatoms. The van der Waals surface area contributed by atoms with Crippen LogP contribution in [0.4, 0.5) is 0 Å². The standard InChI is InChI=1S/2C9H11NO2.C6H14N2O2/c2*10-8(9(11)12)6-7-4-2-1-3-5-7;7-4-2-1-3-5(8)6(9)10/h2*1-5,8H,6,10H2,(H,11,12);5H,1-4,7-8H2,(H,9,10)/t2*8-;5-/m000/s1. The van der Waals surface area contributed by atoms with Crippen LogP contribution in [0, 0.1) is 0 Å². The van der Waals surface area contributed by atoms with Crippen molar-refractivity contribution in [2.75, 3.05) is 6.54 Å². The summed E-state index contributed by atoms with van der Waals surface area (Å²) in [6, 6.07) is 16.4. The lowest BCUT2D eigenvalue weighted by atomic mass is 10.1. The minimum Gasteiger partial charge on any atom is -0.480 e. The number of carboxylic acid groups (broad SMARTS) is 3. The molecule has 0 unspecified atom stereocenters. The van der Waals surface area contributed by atoms with Crippen molar-refractivity contribution in [3.05, 3.63) is 71.8 Å². The zero-order valence-corrected chi connectivity index (χ0v) is 19.1. The van der Waals surface area contributed by atoms with Gasteiger partial charge in [-0.05, 0) is 43.4 Å². The van der Waals surface area contributed by atoms with Gasteiger partial charge in [0, 0.05) is 0 Å². The minimum atomic E-state index is -0.959. The molecule has 0 radical (unpaired) electrons. The van der Waals surface area contributed by atoms with Gasteiger partial charge in [-0.3, -0.25) is 14.4 Å². The van der Waals surface area contributed by atoms with Crippen LogP contribution in [0.1, 0.15) is 30.4 Å². The second-order valence-corrected chi connectivity index (χ2v) is 7.50. The number of unbranched alkanes of at least 4 members (excludes halogenated alkanes) is 1. The lowest BCUT2D eigenvalue weighted by Crippen LogP contribution is -2.32. The number of rotatable bonds is 11. The van der Waals surface area contributed by atoms with E-state index in [0.717, 1.165) is 24.0 Å². The molecule has 0 spiro atoms. The van der Waals surface area contributed by atoms with Crippen LogP contribution in [-0.2, 0) is 27.2 Å². The van der Waals surface area contributed by atoms with E-state index in [0.29, 0.717) is 25.8 Å². The smallest absolute Gasteiger partial charge is 0.320 e. The Balaban J connectivity index is 0.000000484. The summed E-state index contributed by atoms with van der Waals surface area (Å²) in [7, 11) is 0. The highest BCUT2D eigenvalue weighted by Crippen LogP contribution is 2.02. The fraction of sp³-hybridized carbons (Fsp3) is 0.375. The molecular weight excluding hydrogens is 440 g/mol. The third-order valence-corrected chi connectivity index (χ3v) is 4.52. The van der Waals surface area contributed by atoms with Crippen molar-refractivity contribution >= 4 is 17.9 Å². The molecule has 188 valence electrons. The number of hydrogen-bond acceptors (Lipinski definition) is 7. The van der Waals surface area contributed by atoms with E-state index >= 15 is 0 Å². The van der Waals surface area contributed by atoms with Gasteiger partial charge in [-0.2, -0.15) is 0 Å². The molecule has 0 amide bonds. The van der Waals surface area contributed by atoms with Crippen LogP contribution >= 0.6 is 0 Å². The first-order valence-electron chi connectivity index (χ1n) is 10.8. The molecule has 0 bridgehead atoms. The van der Waals surface area contributed by atoms with Crippen molar-refractivity contribution in [1.29, 1.82) is 0 Å². The molecule has 10 nitrogen and oxygen atoms in total. The molecule has 0 fully saturated rings. The molecule has 2 aromatic carbocycles. The largest absolute Gasteiger partial charge is 0.480 e. The molecule has 0 saturated heterocycles. The molecule has 0 aromatic heterocycles. The highest BCUT2D eigenvalue weighted by Gasteiger charge is 2.12. The normalized spacial score (nSPS) is 12.6. The number of carbonyl (C=O) groups is 3. The van der Waals surface area contributed by atoms with E-state index in [9.17, 15) is 14.4 Å². The Morgan fingerprint density at radius 1 is 0.618 bits per heavy atom. The molecule has 0 aliphatic carbocycles. The Morgan fingerprint density at radius 3 is 1.26 bits per heavy atom. The van der Waals surface area contributed by atoms with Gasteiger partial charge in [0.25, 0.3) is 0 Å². The molecule has 0 heterocycles. The number of aliphatic carboxylic acids is 3. The summed E-state index contributed by atoms with van der Waals surface area (Å²) in [5, 5.41) is 25.4. The van der Waals surface area contributed by atoms with Crippen molar-refractivity contribution in [3.8, 4) is 0 Å². The Hall–Kier alpha value is -3.31. The van der Waals surface area contributed by atoms with E-state index in [1.807, 2.05) is 60.7 Å². The summed E-state index contributed by atoms with van der Waals surface area (Å²) in [6.07, 6.45) is 2.93. The highest BCUT2D eigenvalue weighted by molar-refractivity contribution is 5.74. The topological polar surface area (TPSA) is 216 Å². The van der Waals surface area contributed by atoms with Crippen molar-refractivity contribution in [2.45, 2.75) is 50.2 Å². The summed E-state index contributed by atoms with van der Waals surface area (Å²) >= 11 is 0. The monoisotopic (exact) mass is 476 g/mol. The molecule has 0 aliphatic heterocycles. The fourth-order valence-corrected chi connectivity index (χ4v) is 2.54. The molecule has 0 saturated carbocycles. The Labute approximate surface area is 199 Å². The average molecular weight is 477 g/mol. The first-order chi connectivity index (χ1) is 16.1. The van der Waals surface area contributed by atoms with E-state index < -0.39 is 36.0 Å². The Bertz CT molecular complexity index is 778. The summed E-state index contributed by atoms with van der Waals surface area (Å²) < 4.78 is 0. The predicted molar refractivity (Wildman–Crippen MR) is 130 cm³/mol. The van der Waals surface area contributed by atoms with E-state index in [-0.39, 0.29) is 0 Å². The summed E-state index contributed by atoms with van der Waals surface area (Å²) in [6.45, 7) is 0.604. The van der Waals surface area contributed by atoms with Crippen molar-refractivity contribution in [2.24, 2.45) is 22.9 Å². The Morgan fingerprint density at radius 2 is 0.971 bits per heavy atom. The first kappa shape index (κ1) is 30.7. The molecule has 2 aromatic rings. The summed E-state index contributed by atoms with van der Waals surface area (Å²) in [5.41, 5.74) is 23.0. The molecule has 0 aliphatic rings. The highest BCUT2D eigenvalue weighted by atomic mass is 16.4. The average Bonchev–Trinajstić information content (AvgIpc) is 2.81. The van der Waals surface area contributed by atoms with Gasteiger partial charge in [-0.1, -0.05) is 67.1 Å². The maximum atomic E-state index is 10.4. The summed E-state index contributed by atoms with van der Waals surface area (Å²) in [5.74, 6) is -2.85. The van der Waals surface area contributed by atoms with E-state index in [4.69, 9.17) is 38.3 Å². The maximum Gasteiger partial charge on any atom is 0.320 e. The third kappa shape index (κ3) is 15.5. The second kappa shape index (κ2) is 18.2. The SMILES string of the molecule is NCCCC[C@H](N)C(=O)O.N[C@@H](Cc1ccccc1)C(=O)O.N[C@@H](Cc1ccccc1)C(=O)O. The molecule has 34 heavy (non-hydrogen) atoms. The van der Waals surface area contributed by atoms with Crippen molar-refractivity contribution in [3.63, 3.8) is 0 Å². The molecule has 2 rings (SSSR count). The first-order valence-corrected chi connectivity index (χ1v) is 10.8. The lowest BCUT2D eigenvalue weighted by Gasteiger charge is -2.04. The van der Waals surface area contributed by atoms with Crippen LogP contribution < -0.4 is 22.9 Å².